The maximum Gasteiger partial charge on any atom is 0.324 e. The molecule has 2 aromatic carbocycles. The largest absolute Gasteiger partial charge is 0.324 e. The molecule has 1 unspecified atom stereocenters. The number of H-pyrrole nitrogens is 1. The van der Waals surface area contributed by atoms with E-state index in [4.69, 9.17) is 0 Å². The number of nitriles is 1. The first kappa shape index (κ1) is 16.3. The highest BCUT2D eigenvalue weighted by Gasteiger charge is 2.13. The van der Waals surface area contributed by atoms with E-state index in [0.29, 0.717) is 11.5 Å². The van der Waals surface area contributed by atoms with Gasteiger partial charge < -0.3 is 5.32 Å². The van der Waals surface area contributed by atoms with E-state index >= 15 is 0 Å². The maximum absolute atomic E-state index is 12.0. The topological polar surface area (TPSA) is 93.6 Å². The number of urea groups is 1. The minimum Gasteiger partial charge on any atom is -0.308 e. The molecule has 2 amide bonds. The van der Waals surface area contributed by atoms with Crippen LogP contribution < -0.4 is 10.6 Å². The van der Waals surface area contributed by atoms with E-state index in [-0.39, 0.29) is 11.9 Å². The summed E-state index contributed by atoms with van der Waals surface area (Å²) in [6.07, 6.45) is 1.63. The summed E-state index contributed by atoms with van der Waals surface area (Å²) in [6.45, 7) is 1.85. The first-order valence-corrected chi connectivity index (χ1v) is 7.80. The van der Waals surface area contributed by atoms with Gasteiger partial charge in [0.25, 0.3) is 0 Å². The highest BCUT2D eigenvalue weighted by molar-refractivity contribution is 5.99. The van der Waals surface area contributed by atoms with Crippen molar-refractivity contribution >= 4 is 17.5 Å². The normalized spacial score (nSPS) is 11.4. The van der Waals surface area contributed by atoms with Gasteiger partial charge in [-0.1, -0.05) is 42.5 Å². The molecule has 0 bridgehead atoms. The van der Waals surface area contributed by atoms with Crippen molar-refractivity contribution in [3.63, 3.8) is 0 Å². The lowest BCUT2D eigenvalue weighted by molar-refractivity contribution is 0.262. The molecule has 25 heavy (non-hydrogen) atoms. The number of anilines is 2. The number of benzene rings is 2. The quantitative estimate of drug-likeness (QED) is 0.674. The van der Waals surface area contributed by atoms with Crippen LogP contribution in [-0.4, -0.2) is 16.2 Å². The molecule has 0 aliphatic rings. The van der Waals surface area contributed by atoms with Gasteiger partial charge in [-0.2, -0.15) is 10.4 Å². The van der Waals surface area contributed by atoms with Crippen molar-refractivity contribution in [1.82, 2.24) is 10.2 Å². The van der Waals surface area contributed by atoms with Crippen molar-refractivity contribution in [1.29, 1.82) is 5.26 Å². The van der Waals surface area contributed by atoms with Crippen molar-refractivity contribution in [3.8, 4) is 6.07 Å². The number of rotatable bonds is 4. The molecular weight excluding hydrogens is 314 g/mol. The summed E-state index contributed by atoms with van der Waals surface area (Å²) in [5.74, 6) is 0.222. The molecule has 124 valence electrons. The van der Waals surface area contributed by atoms with Crippen LogP contribution in [-0.2, 0) is 0 Å². The SMILES string of the molecule is Cc1cn[nH]c1NC(=O)Nc1ccc(C(C#N)c2ccccc2)cc1. The number of aryl methyl sites for hydroxylation is 1. The second kappa shape index (κ2) is 7.32. The summed E-state index contributed by atoms with van der Waals surface area (Å²) in [4.78, 5) is 12.0. The summed E-state index contributed by atoms with van der Waals surface area (Å²) in [7, 11) is 0. The Morgan fingerprint density at radius 3 is 2.36 bits per heavy atom. The number of amides is 2. The molecule has 3 rings (SSSR count). The molecule has 0 fully saturated rings. The molecule has 1 heterocycles. The molecule has 6 nitrogen and oxygen atoms in total. The van der Waals surface area contributed by atoms with Gasteiger partial charge in [-0.05, 0) is 30.2 Å². The van der Waals surface area contributed by atoms with Gasteiger partial charge in [-0.25, -0.2) is 4.79 Å². The Balaban J connectivity index is 1.69. The number of carbonyl (C=O) groups excluding carboxylic acids is 1. The van der Waals surface area contributed by atoms with Crippen molar-refractivity contribution in [2.24, 2.45) is 0 Å². The van der Waals surface area contributed by atoms with Crippen LogP contribution in [0.2, 0.25) is 0 Å². The second-order valence-corrected chi connectivity index (χ2v) is 5.60. The zero-order valence-corrected chi connectivity index (χ0v) is 13.7. The number of hydrogen-bond donors (Lipinski definition) is 3. The summed E-state index contributed by atoms with van der Waals surface area (Å²) in [5, 5.41) is 21.5. The molecular formula is C19H17N5O. The van der Waals surface area contributed by atoms with Crippen LogP contribution in [0.5, 0.6) is 0 Å². The zero-order chi connectivity index (χ0) is 17.6. The van der Waals surface area contributed by atoms with Gasteiger partial charge in [0, 0.05) is 11.3 Å². The Morgan fingerprint density at radius 2 is 1.76 bits per heavy atom. The Morgan fingerprint density at radius 1 is 1.08 bits per heavy atom. The first-order valence-electron chi connectivity index (χ1n) is 7.80. The van der Waals surface area contributed by atoms with E-state index in [2.05, 4.69) is 26.9 Å². The van der Waals surface area contributed by atoms with E-state index in [0.717, 1.165) is 16.7 Å². The molecule has 3 aromatic rings. The predicted molar refractivity (Wildman–Crippen MR) is 96.3 cm³/mol. The maximum atomic E-state index is 12.0. The third-order valence-electron chi connectivity index (χ3n) is 3.83. The summed E-state index contributed by atoms with van der Waals surface area (Å²) < 4.78 is 0. The average molecular weight is 331 g/mol. The Bertz CT molecular complexity index is 894. The highest BCUT2D eigenvalue weighted by Crippen LogP contribution is 2.25. The van der Waals surface area contributed by atoms with E-state index in [1.165, 1.54) is 0 Å². The van der Waals surface area contributed by atoms with Gasteiger partial charge >= 0.3 is 6.03 Å². The van der Waals surface area contributed by atoms with Crippen LogP contribution in [0.4, 0.5) is 16.3 Å². The number of carbonyl (C=O) groups is 1. The van der Waals surface area contributed by atoms with Gasteiger partial charge in [0.15, 0.2) is 0 Å². The number of hydrogen-bond acceptors (Lipinski definition) is 3. The van der Waals surface area contributed by atoms with Gasteiger partial charge in [-0.15, -0.1) is 0 Å². The minimum absolute atomic E-state index is 0.336. The van der Waals surface area contributed by atoms with E-state index in [1.54, 1.807) is 18.3 Å². The van der Waals surface area contributed by atoms with E-state index in [9.17, 15) is 10.1 Å². The third kappa shape index (κ3) is 3.85. The van der Waals surface area contributed by atoms with Gasteiger partial charge in [-0.3, -0.25) is 10.4 Å². The third-order valence-corrected chi connectivity index (χ3v) is 3.83. The fourth-order valence-corrected chi connectivity index (χ4v) is 2.49. The van der Waals surface area contributed by atoms with Gasteiger partial charge in [0.1, 0.15) is 5.82 Å². The highest BCUT2D eigenvalue weighted by atomic mass is 16.2. The minimum atomic E-state index is -0.361. The fourth-order valence-electron chi connectivity index (χ4n) is 2.49. The molecule has 1 atom stereocenters. The van der Waals surface area contributed by atoms with Gasteiger partial charge in [0.05, 0.1) is 18.2 Å². The lowest BCUT2D eigenvalue weighted by Gasteiger charge is -2.11. The molecule has 0 spiro atoms. The molecule has 0 radical (unpaired) electrons. The van der Waals surface area contributed by atoms with Gasteiger partial charge in [0.2, 0.25) is 0 Å². The Hall–Kier alpha value is -3.59. The molecule has 0 aliphatic heterocycles. The first-order chi connectivity index (χ1) is 12.2. The number of aromatic amines is 1. The number of aromatic nitrogens is 2. The predicted octanol–water partition coefficient (Wildman–Crippen LogP) is 4.02. The molecule has 6 heteroatoms. The molecule has 1 aromatic heterocycles. The summed E-state index contributed by atoms with van der Waals surface area (Å²) in [5.41, 5.74) is 3.32. The summed E-state index contributed by atoms with van der Waals surface area (Å²) >= 11 is 0. The molecule has 3 N–H and O–H groups in total. The van der Waals surface area contributed by atoms with Crippen molar-refractivity contribution < 1.29 is 4.79 Å². The Labute approximate surface area is 145 Å². The van der Waals surface area contributed by atoms with Crippen molar-refractivity contribution in [2.45, 2.75) is 12.8 Å². The number of nitrogens with zero attached hydrogens (tertiary/aromatic N) is 2. The average Bonchev–Trinajstić information content (AvgIpc) is 3.03. The monoisotopic (exact) mass is 331 g/mol. The molecule has 0 aliphatic carbocycles. The van der Waals surface area contributed by atoms with Crippen LogP contribution in [0.15, 0.2) is 60.8 Å². The molecule has 0 saturated heterocycles. The fraction of sp³-hybridized carbons (Fsp3) is 0.105. The van der Waals surface area contributed by atoms with Crippen LogP contribution in [0.25, 0.3) is 0 Å². The lowest BCUT2D eigenvalue weighted by atomic mass is 9.92. The van der Waals surface area contributed by atoms with E-state index in [1.807, 2.05) is 49.4 Å². The van der Waals surface area contributed by atoms with Crippen molar-refractivity contribution in [2.75, 3.05) is 10.6 Å². The number of nitrogens with one attached hydrogen (secondary N) is 3. The van der Waals surface area contributed by atoms with Crippen LogP contribution in [0, 0.1) is 18.3 Å². The lowest BCUT2D eigenvalue weighted by Crippen LogP contribution is -2.20. The second-order valence-electron chi connectivity index (χ2n) is 5.60. The van der Waals surface area contributed by atoms with Crippen molar-refractivity contribution in [3.05, 3.63) is 77.5 Å². The Kier molecular flexibility index (Phi) is 4.77. The zero-order valence-electron chi connectivity index (χ0n) is 13.7. The van der Waals surface area contributed by atoms with Crippen LogP contribution in [0.1, 0.15) is 22.6 Å². The van der Waals surface area contributed by atoms with E-state index < -0.39 is 0 Å². The van der Waals surface area contributed by atoms with Crippen LogP contribution >= 0.6 is 0 Å². The molecule has 0 saturated carbocycles. The smallest absolute Gasteiger partial charge is 0.308 e. The van der Waals surface area contributed by atoms with Crippen LogP contribution in [0.3, 0.4) is 0 Å². The standard InChI is InChI=1S/C19H17N5O/c1-13-12-21-24-18(13)23-19(25)22-16-9-7-15(8-10-16)17(11-20)14-5-3-2-4-6-14/h2-10,12,17H,1H3,(H3,21,22,23,24,25). The summed E-state index contributed by atoms with van der Waals surface area (Å²) in [6, 6.07) is 18.8.